The van der Waals surface area contributed by atoms with Crippen LogP contribution in [0.15, 0.2) is 97.1 Å². The van der Waals surface area contributed by atoms with Crippen LogP contribution in [0.4, 0.5) is 0 Å². The van der Waals surface area contributed by atoms with E-state index in [2.05, 4.69) is 134 Å². The number of benzene rings is 4. The van der Waals surface area contributed by atoms with E-state index in [1.807, 2.05) is 79.7 Å². The maximum atomic E-state index is 5.79. The van der Waals surface area contributed by atoms with E-state index >= 15 is 0 Å². The van der Waals surface area contributed by atoms with Gasteiger partial charge in [0.25, 0.3) is 0 Å². The molecular formula is C56H86O4. The lowest BCUT2D eigenvalue weighted by atomic mass is 9.88. The zero-order valence-electron chi connectivity index (χ0n) is 41.3. The molecule has 0 heterocycles. The lowest BCUT2D eigenvalue weighted by Crippen LogP contribution is -2.11. The van der Waals surface area contributed by atoms with Gasteiger partial charge in [0.1, 0.15) is 11.5 Å². The van der Waals surface area contributed by atoms with Crippen LogP contribution in [0.1, 0.15) is 150 Å². The Bertz CT molecular complexity index is 1740. The molecule has 4 aromatic carbocycles. The number of hydrogen-bond donors (Lipinski definition) is 0. The van der Waals surface area contributed by atoms with Gasteiger partial charge in [-0.3, -0.25) is 0 Å². The molecular weight excluding hydrogens is 737 g/mol. The predicted molar refractivity (Wildman–Crippen MR) is 262 cm³/mol. The van der Waals surface area contributed by atoms with Gasteiger partial charge < -0.3 is 18.9 Å². The van der Waals surface area contributed by atoms with Crippen molar-refractivity contribution >= 4 is 6.08 Å². The third-order valence-corrected chi connectivity index (χ3v) is 9.63. The molecule has 0 aliphatic heterocycles. The summed E-state index contributed by atoms with van der Waals surface area (Å²) in [6, 6.07) is 30.7. The van der Waals surface area contributed by atoms with Gasteiger partial charge in [-0.2, -0.15) is 0 Å². The molecule has 0 N–H and O–H groups in total. The van der Waals surface area contributed by atoms with Crippen LogP contribution in [0.25, 0.3) is 6.08 Å². The summed E-state index contributed by atoms with van der Waals surface area (Å²) in [7, 11) is 1.67. The highest BCUT2D eigenvalue weighted by atomic mass is 16.5. The van der Waals surface area contributed by atoms with E-state index in [1.54, 1.807) is 12.7 Å². The fourth-order valence-electron chi connectivity index (χ4n) is 5.78. The van der Waals surface area contributed by atoms with Crippen LogP contribution in [0, 0.1) is 42.4 Å². The fourth-order valence-corrected chi connectivity index (χ4v) is 5.78. The number of ether oxygens (including phenoxy) is 4. The molecule has 0 bridgehead atoms. The molecule has 0 saturated heterocycles. The molecule has 4 rings (SSSR count). The van der Waals surface area contributed by atoms with Crippen molar-refractivity contribution < 1.29 is 18.9 Å². The van der Waals surface area contributed by atoms with Crippen LogP contribution in [0.5, 0.6) is 23.0 Å². The molecule has 60 heavy (non-hydrogen) atoms. The summed E-state index contributed by atoms with van der Waals surface area (Å²) in [5.74, 6) is 3.55. The lowest BCUT2D eigenvalue weighted by Gasteiger charge is -2.19. The van der Waals surface area contributed by atoms with E-state index in [0.29, 0.717) is 22.9 Å². The number of methoxy groups -OCH3 is 1. The van der Waals surface area contributed by atoms with Crippen molar-refractivity contribution in [3.05, 3.63) is 125 Å². The Morgan fingerprint density at radius 1 is 0.483 bits per heavy atom. The minimum absolute atomic E-state index is 0.290. The number of aryl methyl sites for hydroxylation is 3. The average Bonchev–Trinajstić information content (AvgIpc) is 3.13. The normalized spacial score (nSPS) is 11.6. The van der Waals surface area contributed by atoms with Gasteiger partial charge in [-0.15, -0.1) is 0 Å². The van der Waals surface area contributed by atoms with E-state index in [0.717, 1.165) is 61.0 Å². The zero-order chi connectivity index (χ0) is 45.4. The summed E-state index contributed by atoms with van der Waals surface area (Å²) in [6.07, 6.45) is 11.1. The fraction of sp³-hybridized carbons (Fsp3) is 0.536. The minimum Gasteiger partial charge on any atom is -0.494 e. The Morgan fingerprint density at radius 2 is 0.967 bits per heavy atom. The molecule has 4 aromatic rings. The molecule has 0 spiro atoms. The second-order valence-corrected chi connectivity index (χ2v) is 20.8. The van der Waals surface area contributed by atoms with E-state index in [-0.39, 0.29) is 5.41 Å². The summed E-state index contributed by atoms with van der Waals surface area (Å²) in [5, 5.41) is 0. The van der Waals surface area contributed by atoms with E-state index < -0.39 is 0 Å². The van der Waals surface area contributed by atoms with Crippen LogP contribution < -0.4 is 18.9 Å². The zero-order valence-corrected chi connectivity index (χ0v) is 41.3. The Morgan fingerprint density at radius 3 is 1.45 bits per heavy atom. The van der Waals surface area contributed by atoms with Crippen molar-refractivity contribution in [2.45, 2.75) is 149 Å². The molecule has 0 unspecified atom stereocenters. The van der Waals surface area contributed by atoms with E-state index in [9.17, 15) is 0 Å². The largest absolute Gasteiger partial charge is 0.494 e. The molecule has 0 amide bonds. The van der Waals surface area contributed by atoms with E-state index in [1.165, 1.54) is 36.0 Å². The molecule has 0 aliphatic carbocycles. The van der Waals surface area contributed by atoms with Gasteiger partial charge in [0.15, 0.2) is 11.5 Å². The molecule has 0 radical (unpaired) electrons. The van der Waals surface area contributed by atoms with Gasteiger partial charge in [-0.05, 0) is 152 Å². The molecule has 0 atom stereocenters. The summed E-state index contributed by atoms with van der Waals surface area (Å²) in [5.41, 5.74) is 8.29. The third kappa shape index (κ3) is 27.6. The van der Waals surface area contributed by atoms with Crippen molar-refractivity contribution in [3.63, 3.8) is 0 Å². The van der Waals surface area contributed by atoms with Gasteiger partial charge in [0.2, 0.25) is 0 Å². The molecule has 4 heteroatoms. The third-order valence-electron chi connectivity index (χ3n) is 9.63. The monoisotopic (exact) mass is 823 g/mol. The van der Waals surface area contributed by atoms with Gasteiger partial charge in [0.05, 0.1) is 26.9 Å². The van der Waals surface area contributed by atoms with Crippen molar-refractivity contribution in [2.75, 3.05) is 26.9 Å². The average molecular weight is 823 g/mol. The molecule has 334 valence electrons. The molecule has 4 nitrogen and oxygen atoms in total. The van der Waals surface area contributed by atoms with Crippen molar-refractivity contribution in [1.82, 2.24) is 0 Å². The van der Waals surface area contributed by atoms with Crippen molar-refractivity contribution in [1.29, 1.82) is 0 Å². The van der Waals surface area contributed by atoms with Gasteiger partial charge >= 0.3 is 0 Å². The molecule has 0 saturated carbocycles. The smallest absolute Gasteiger partial charge is 0.161 e. The number of hydrogen-bond acceptors (Lipinski definition) is 4. The molecule has 0 aromatic heterocycles. The topological polar surface area (TPSA) is 36.9 Å². The van der Waals surface area contributed by atoms with Crippen molar-refractivity contribution in [2.24, 2.45) is 21.7 Å². The highest BCUT2D eigenvalue weighted by Crippen LogP contribution is 2.30. The van der Waals surface area contributed by atoms with Crippen LogP contribution in [-0.2, 0) is 6.42 Å². The number of allylic oxidation sites excluding steroid dienone is 1. The quantitative estimate of drug-likeness (QED) is 0.127. The predicted octanol–water partition coefficient (Wildman–Crippen LogP) is 16.5. The van der Waals surface area contributed by atoms with Crippen LogP contribution in [-0.4, -0.2) is 26.9 Å². The first-order valence-electron chi connectivity index (χ1n) is 22.3. The Labute approximate surface area is 369 Å². The number of para-hydroxylation sites is 1. The first-order valence-corrected chi connectivity index (χ1v) is 22.3. The van der Waals surface area contributed by atoms with Crippen LogP contribution >= 0.6 is 0 Å². The minimum atomic E-state index is 0.290. The first kappa shape index (κ1) is 53.8. The maximum absolute atomic E-state index is 5.79. The Kier molecular flexibility index (Phi) is 24.1. The van der Waals surface area contributed by atoms with Crippen molar-refractivity contribution in [3.8, 4) is 23.0 Å². The number of rotatable bonds is 14. The summed E-state index contributed by atoms with van der Waals surface area (Å²) < 4.78 is 22.4. The lowest BCUT2D eigenvalue weighted by molar-refractivity contribution is 0.234. The Hall–Kier alpha value is -4.18. The van der Waals surface area contributed by atoms with Crippen LogP contribution in [0.2, 0.25) is 0 Å². The second-order valence-electron chi connectivity index (χ2n) is 20.8. The second kappa shape index (κ2) is 26.9. The highest BCUT2D eigenvalue weighted by molar-refractivity contribution is 5.55. The van der Waals surface area contributed by atoms with Gasteiger partial charge in [0, 0.05) is 0 Å². The summed E-state index contributed by atoms with van der Waals surface area (Å²) in [6.45, 7) is 37.8. The molecule has 0 aliphatic rings. The van der Waals surface area contributed by atoms with Gasteiger partial charge in [-0.1, -0.05) is 150 Å². The van der Waals surface area contributed by atoms with Crippen LogP contribution in [0.3, 0.4) is 0 Å². The van der Waals surface area contributed by atoms with E-state index in [4.69, 9.17) is 18.9 Å². The standard InChI is InChI=1S/C16H24O2.C15H24.C13H20O.C12H18O/c1-6-7-13-8-9-14(15(12-13)17-5)18-11-10-16(2,3)4;1-12-8-6-9-13(2)14(12)10-7-11-15(3,4)5;1-11-6-5-7-12(10-11)14-9-8-13(2,3)4;1-12(2,3)9-10-13-11-7-5-4-6-8-11/h6-9,12H,10-11H2,1-5H3;6,8-9H,7,10-11H2,1-5H3;5-7,10H,8-9H2,1-4H3;4-8H,9-10H2,1-3H3/b7-6+;;;. The Balaban J connectivity index is 0.000000403. The summed E-state index contributed by atoms with van der Waals surface area (Å²) in [4.78, 5) is 0. The highest BCUT2D eigenvalue weighted by Gasteiger charge is 2.13. The maximum Gasteiger partial charge on any atom is 0.161 e. The van der Waals surface area contributed by atoms with Gasteiger partial charge in [-0.25, -0.2) is 0 Å². The first-order chi connectivity index (χ1) is 27.9. The summed E-state index contributed by atoms with van der Waals surface area (Å²) >= 11 is 0. The molecule has 0 fully saturated rings. The SMILES string of the molecule is C/C=C/c1ccc(OCCC(C)(C)C)c(OC)c1.CC(C)(C)CCOc1ccccc1.Cc1cccc(C)c1CCCC(C)(C)C.Cc1cccc(OCCC(C)(C)C)c1.